The van der Waals surface area contributed by atoms with E-state index in [2.05, 4.69) is 20.6 Å². The third-order valence-electron chi connectivity index (χ3n) is 2.62. The molecule has 0 amide bonds. The molecule has 3 N–H and O–H groups in total. The number of unbranched alkanes of at least 4 members (excludes halogenated alkanes) is 3. The van der Waals surface area contributed by atoms with E-state index < -0.39 is 0 Å². The Morgan fingerprint density at radius 2 is 1.89 bits per heavy atom. The van der Waals surface area contributed by atoms with E-state index in [1.807, 2.05) is 0 Å². The molecule has 0 aromatic carbocycles. The van der Waals surface area contributed by atoms with Crippen molar-refractivity contribution in [3.63, 3.8) is 0 Å². The van der Waals surface area contributed by atoms with E-state index in [0.29, 0.717) is 17.4 Å². The van der Waals surface area contributed by atoms with Gasteiger partial charge in [0.15, 0.2) is 11.6 Å². The van der Waals surface area contributed by atoms with E-state index in [9.17, 15) is 0 Å². The van der Waals surface area contributed by atoms with Gasteiger partial charge in [0.1, 0.15) is 6.33 Å². The SMILES string of the molecule is CNc1ncnc(NCCCCCCO)c1OC. The lowest BCUT2D eigenvalue weighted by Gasteiger charge is -2.12. The molecule has 0 saturated carbocycles. The molecule has 102 valence electrons. The second-order valence-corrected chi connectivity index (χ2v) is 3.92. The van der Waals surface area contributed by atoms with Gasteiger partial charge in [-0.25, -0.2) is 9.97 Å². The first kappa shape index (κ1) is 14.5. The first-order valence-electron chi connectivity index (χ1n) is 6.25. The minimum absolute atomic E-state index is 0.276. The highest BCUT2D eigenvalue weighted by Gasteiger charge is 2.09. The number of hydrogen-bond donors (Lipinski definition) is 3. The Hall–Kier alpha value is -1.56. The topological polar surface area (TPSA) is 79.3 Å². The van der Waals surface area contributed by atoms with Crippen molar-refractivity contribution in [2.24, 2.45) is 0 Å². The fourth-order valence-electron chi connectivity index (χ4n) is 1.67. The van der Waals surface area contributed by atoms with Crippen molar-refractivity contribution in [3.05, 3.63) is 6.33 Å². The summed E-state index contributed by atoms with van der Waals surface area (Å²) in [6, 6.07) is 0. The highest BCUT2D eigenvalue weighted by atomic mass is 16.5. The van der Waals surface area contributed by atoms with Crippen LogP contribution in [0.2, 0.25) is 0 Å². The summed E-state index contributed by atoms with van der Waals surface area (Å²) in [5, 5.41) is 14.9. The zero-order chi connectivity index (χ0) is 13.2. The summed E-state index contributed by atoms with van der Waals surface area (Å²) in [6.45, 7) is 1.11. The van der Waals surface area contributed by atoms with Crippen LogP contribution in [0.1, 0.15) is 25.7 Å². The number of aromatic nitrogens is 2. The molecule has 0 unspecified atom stereocenters. The molecule has 1 rings (SSSR count). The third kappa shape index (κ3) is 4.37. The molecule has 0 saturated heterocycles. The van der Waals surface area contributed by atoms with Crippen molar-refractivity contribution in [1.82, 2.24) is 9.97 Å². The van der Waals surface area contributed by atoms with Gasteiger partial charge in [0.05, 0.1) is 7.11 Å². The lowest BCUT2D eigenvalue weighted by molar-refractivity contribution is 0.283. The van der Waals surface area contributed by atoms with Crippen LogP contribution in [0.25, 0.3) is 0 Å². The summed E-state index contributed by atoms with van der Waals surface area (Å²) in [7, 11) is 3.40. The predicted molar refractivity (Wildman–Crippen MR) is 72.2 cm³/mol. The number of hydrogen-bond acceptors (Lipinski definition) is 6. The third-order valence-corrected chi connectivity index (χ3v) is 2.62. The quantitative estimate of drug-likeness (QED) is 0.579. The van der Waals surface area contributed by atoms with Gasteiger partial charge >= 0.3 is 0 Å². The first-order chi connectivity index (χ1) is 8.83. The molecule has 0 bridgehead atoms. The van der Waals surface area contributed by atoms with Crippen molar-refractivity contribution < 1.29 is 9.84 Å². The zero-order valence-corrected chi connectivity index (χ0v) is 11.1. The average molecular weight is 254 g/mol. The molecular weight excluding hydrogens is 232 g/mol. The molecule has 0 spiro atoms. The van der Waals surface area contributed by atoms with Crippen molar-refractivity contribution in [2.45, 2.75) is 25.7 Å². The largest absolute Gasteiger partial charge is 0.490 e. The molecule has 18 heavy (non-hydrogen) atoms. The van der Waals surface area contributed by atoms with Gasteiger partial charge in [0.25, 0.3) is 0 Å². The van der Waals surface area contributed by atoms with E-state index >= 15 is 0 Å². The average Bonchev–Trinajstić information content (AvgIpc) is 2.42. The van der Waals surface area contributed by atoms with Gasteiger partial charge in [-0.3, -0.25) is 0 Å². The smallest absolute Gasteiger partial charge is 0.204 e. The first-order valence-corrected chi connectivity index (χ1v) is 6.25. The van der Waals surface area contributed by atoms with Crippen LogP contribution in [-0.4, -0.2) is 42.4 Å². The lowest BCUT2D eigenvalue weighted by atomic mass is 10.2. The molecule has 0 aliphatic carbocycles. The van der Waals surface area contributed by atoms with Gasteiger partial charge in [0, 0.05) is 20.2 Å². The van der Waals surface area contributed by atoms with Crippen LogP contribution in [0, 0.1) is 0 Å². The van der Waals surface area contributed by atoms with E-state index in [1.54, 1.807) is 14.2 Å². The number of rotatable bonds is 9. The van der Waals surface area contributed by atoms with Crippen LogP contribution >= 0.6 is 0 Å². The van der Waals surface area contributed by atoms with Crippen LogP contribution < -0.4 is 15.4 Å². The molecule has 0 aliphatic rings. The van der Waals surface area contributed by atoms with Gasteiger partial charge in [-0.15, -0.1) is 0 Å². The highest BCUT2D eigenvalue weighted by Crippen LogP contribution is 2.28. The Kier molecular flexibility index (Phi) is 6.86. The Balaban J connectivity index is 2.41. The molecule has 0 radical (unpaired) electrons. The molecule has 0 atom stereocenters. The number of anilines is 2. The number of ether oxygens (including phenoxy) is 1. The minimum Gasteiger partial charge on any atom is -0.490 e. The van der Waals surface area contributed by atoms with Gasteiger partial charge in [-0.2, -0.15) is 0 Å². The number of aliphatic hydroxyl groups is 1. The maximum Gasteiger partial charge on any atom is 0.204 e. The van der Waals surface area contributed by atoms with Crippen LogP contribution in [0.5, 0.6) is 5.75 Å². The fourth-order valence-corrected chi connectivity index (χ4v) is 1.67. The van der Waals surface area contributed by atoms with Gasteiger partial charge in [0.2, 0.25) is 5.75 Å². The highest BCUT2D eigenvalue weighted by molar-refractivity contribution is 5.63. The summed E-state index contributed by atoms with van der Waals surface area (Å²) in [6.07, 6.45) is 5.58. The number of methoxy groups -OCH3 is 1. The van der Waals surface area contributed by atoms with Gasteiger partial charge in [-0.05, 0) is 12.8 Å². The second kappa shape index (κ2) is 8.52. The normalized spacial score (nSPS) is 10.2. The number of nitrogens with one attached hydrogen (secondary N) is 2. The van der Waals surface area contributed by atoms with E-state index in [1.165, 1.54) is 6.33 Å². The number of nitrogens with zero attached hydrogens (tertiary/aromatic N) is 2. The molecule has 6 nitrogen and oxygen atoms in total. The Morgan fingerprint density at radius 1 is 1.17 bits per heavy atom. The van der Waals surface area contributed by atoms with E-state index in [-0.39, 0.29) is 6.61 Å². The molecule has 1 aromatic heterocycles. The Morgan fingerprint density at radius 3 is 2.56 bits per heavy atom. The minimum atomic E-state index is 0.276. The monoisotopic (exact) mass is 254 g/mol. The predicted octanol–water partition coefficient (Wildman–Crippen LogP) is 1.49. The second-order valence-electron chi connectivity index (χ2n) is 3.92. The molecular formula is C12H22N4O2. The summed E-state index contributed by atoms with van der Waals surface area (Å²) >= 11 is 0. The molecule has 0 aliphatic heterocycles. The van der Waals surface area contributed by atoms with Crippen LogP contribution in [-0.2, 0) is 0 Å². The Bertz CT molecular complexity index is 347. The summed E-state index contributed by atoms with van der Waals surface area (Å²) in [5.74, 6) is 2.02. The standard InChI is InChI=1S/C12H22N4O2/c1-13-11-10(18-2)12(16-9-15-11)14-7-5-3-4-6-8-17/h9,17H,3-8H2,1-2H3,(H2,13,14,15,16). The van der Waals surface area contributed by atoms with Crippen LogP contribution in [0.4, 0.5) is 11.6 Å². The summed E-state index contributed by atoms with van der Waals surface area (Å²) in [5.41, 5.74) is 0. The lowest BCUT2D eigenvalue weighted by Crippen LogP contribution is -2.07. The maximum atomic E-state index is 8.67. The maximum absolute atomic E-state index is 8.67. The number of aliphatic hydroxyl groups excluding tert-OH is 1. The van der Waals surface area contributed by atoms with Crippen molar-refractivity contribution in [3.8, 4) is 5.75 Å². The fraction of sp³-hybridized carbons (Fsp3) is 0.667. The zero-order valence-electron chi connectivity index (χ0n) is 11.1. The Labute approximate surface area is 108 Å². The van der Waals surface area contributed by atoms with Gasteiger partial charge in [-0.1, -0.05) is 12.8 Å². The molecule has 0 fully saturated rings. The van der Waals surface area contributed by atoms with E-state index in [4.69, 9.17) is 9.84 Å². The van der Waals surface area contributed by atoms with E-state index in [0.717, 1.165) is 32.2 Å². The molecule has 6 heteroatoms. The van der Waals surface area contributed by atoms with Crippen molar-refractivity contribution >= 4 is 11.6 Å². The summed E-state index contributed by atoms with van der Waals surface area (Å²) in [4.78, 5) is 8.25. The molecule has 1 heterocycles. The summed E-state index contributed by atoms with van der Waals surface area (Å²) < 4.78 is 5.28. The van der Waals surface area contributed by atoms with Crippen LogP contribution in [0.15, 0.2) is 6.33 Å². The van der Waals surface area contributed by atoms with Crippen LogP contribution in [0.3, 0.4) is 0 Å². The van der Waals surface area contributed by atoms with Crippen molar-refractivity contribution in [1.29, 1.82) is 0 Å². The molecule has 1 aromatic rings. The van der Waals surface area contributed by atoms with Gasteiger partial charge < -0.3 is 20.5 Å². The van der Waals surface area contributed by atoms with Crippen molar-refractivity contribution in [2.75, 3.05) is 37.9 Å².